The van der Waals surface area contributed by atoms with Crippen LogP contribution in [0.2, 0.25) is 0 Å². The van der Waals surface area contributed by atoms with Crippen LogP contribution in [0.3, 0.4) is 0 Å². The van der Waals surface area contributed by atoms with Gasteiger partial charge in [0.1, 0.15) is 11.4 Å². The number of aromatic amines is 1. The van der Waals surface area contributed by atoms with E-state index in [0.29, 0.717) is 44.9 Å². The Morgan fingerprint density at radius 2 is 2.03 bits per heavy atom. The van der Waals surface area contributed by atoms with E-state index < -0.39 is 5.54 Å². The Kier molecular flexibility index (Phi) is 6.59. The number of hydrogen-bond donors (Lipinski definition) is 4. The van der Waals surface area contributed by atoms with E-state index in [-0.39, 0.29) is 17.8 Å². The average molecular weight is 417 g/mol. The van der Waals surface area contributed by atoms with Crippen LogP contribution in [0, 0.1) is 5.82 Å². The first-order chi connectivity index (χ1) is 14.4. The first-order valence-corrected chi connectivity index (χ1v) is 10.2. The summed E-state index contributed by atoms with van der Waals surface area (Å²) in [6, 6.07) is 4.38. The number of imide groups is 1. The molecule has 1 saturated heterocycles. The Morgan fingerprint density at radius 1 is 1.27 bits per heavy atom. The van der Waals surface area contributed by atoms with Crippen LogP contribution in [0.15, 0.2) is 29.4 Å². The summed E-state index contributed by atoms with van der Waals surface area (Å²) in [6.45, 7) is 5.18. The summed E-state index contributed by atoms with van der Waals surface area (Å²) < 4.78 is 13.5. The third kappa shape index (κ3) is 4.55. The van der Waals surface area contributed by atoms with Gasteiger partial charge in [0.2, 0.25) is 0 Å². The number of fused-ring (bicyclic) bond motifs is 1. The van der Waals surface area contributed by atoms with Crippen LogP contribution >= 0.6 is 0 Å². The maximum atomic E-state index is 13.5. The molecule has 8 nitrogen and oxygen atoms in total. The van der Waals surface area contributed by atoms with E-state index in [4.69, 9.17) is 0 Å². The number of amides is 3. The molecule has 1 aromatic heterocycles. The molecule has 9 heteroatoms. The fourth-order valence-electron chi connectivity index (χ4n) is 3.53. The summed E-state index contributed by atoms with van der Waals surface area (Å²) in [5.74, 6) is 0.211. The van der Waals surface area contributed by atoms with Gasteiger partial charge in [-0.05, 0) is 49.9 Å². The van der Waals surface area contributed by atoms with Crippen LogP contribution in [0.5, 0.6) is 0 Å². The molecular weight excluding hydrogens is 387 g/mol. The van der Waals surface area contributed by atoms with E-state index in [1.165, 1.54) is 17.0 Å². The van der Waals surface area contributed by atoms with Crippen LogP contribution in [0.4, 0.5) is 9.18 Å². The number of aliphatic imine (C=N–C) groups is 1. The summed E-state index contributed by atoms with van der Waals surface area (Å²) in [5, 5.41) is 10.0. The SMILES string of the molecule is CCC1(C)NC(=O)N(CCCNC(=NC)NCCc2c[nH]c3ccc(F)cc23)C1=O. The molecule has 3 rings (SSSR count). The molecule has 4 N–H and O–H groups in total. The lowest BCUT2D eigenvalue weighted by Crippen LogP contribution is -2.43. The first-order valence-electron chi connectivity index (χ1n) is 10.2. The quantitative estimate of drug-likeness (QED) is 0.229. The fourth-order valence-corrected chi connectivity index (χ4v) is 3.53. The molecule has 1 fully saturated rings. The van der Waals surface area contributed by atoms with E-state index in [9.17, 15) is 14.0 Å². The molecule has 0 spiro atoms. The van der Waals surface area contributed by atoms with Crippen molar-refractivity contribution >= 4 is 28.8 Å². The summed E-state index contributed by atoms with van der Waals surface area (Å²) in [4.78, 5) is 33.0. The van der Waals surface area contributed by atoms with Crippen molar-refractivity contribution in [2.24, 2.45) is 4.99 Å². The number of H-pyrrole nitrogens is 1. The highest BCUT2D eigenvalue weighted by molar-refractivity contribution is 6.06. The first kappa shape index (κ1) is 21.6. The number of nitrogens with one attached hydrogen (secondary N) is 4. The second-order valence-corrected chi connectivity index (χ2v) is 7.61. The lowest BCUT2D eigenvalue weighted by Gasteiger charge is -2.19. The standard InChI is InChI=1S/C21H29FN6O2/c1-4-21(2)18(29)28(20(30)27-21)11-5-9-24-19(23-3)25-10-8-14-13-26-17-7-6-15(22)12-16(14)17/h6-7,12-13,26H,4-5,8-11H2,1-3H3,(H,27,30)(H2,23,24,25). The maximum absolute atomic E-state index is 13.5. The number of guanidine groups is 1. The van der Waals surface area contributed by atoms with Gasteiger partial charge in [0.25, 0.3) is 5.91 Å². The smallest absolute Gasteiger partial charge is 0.325 e. The van der Waals surface area contributed by atoms with Gasteiger partial charge in [0.05, 0.1) is 0 Å². The van der Waals surface area contributed by atoms with Gasteiger partial charge < -0.3 is 20.9 Å². The molecule has 1 unspecified atom stereocenters. The fraction of sp³-hybridized carbons (Fsp3) is 0.476. The van der Waals surface area contributed by atoms with Gasteiger partial charge in [-0.1, -0.05) is 6.92 Å². The van der Waals surface area contributed by atoms with Crippen molar-refractivity contribution in [3.63, 3.8) is 0 Å². The van der Waals surface area contributed by atoms with Crippen molar-refractivity contribution in [1.29, 1.82) is 0 Å². The molecule has 1 atom stereocenters. The molecule has 1 aliphatic rings. The Labute approximate surface area is 175 Å². The van der Waals surface area contributed by atoms with E-state index in [1.807, 2.05) is 13.1 Å². The predicted molar refractivity (Wildman–Crippen MR) is 115 cm³/mol. The molecule has 2 heterocycles. The van der Waals surface area contributed by atoms with Crippen molar-refractivity contribution in [2.45, 2.75) is 38.6 Å². The topological polar surface area (TPSA) is 102 Å². The highest BCUT2D eigenvalue weighted by Crippen LogP contribution is 2.21. The number of carbonyl (C=O) groups is 2. The van der Waals surface area contributed by atoms with E-state index in [1.54, 1.807) is 20.0 Å². The van der Waals surface area contributed by atoms with Crippen LogP contribution in [0.25, 0.3) is 10.9 Å². The second-order valence-electron chi connectivity index (χ2n) is 7.61. The van der Waals surface area contributed by atoms with Crippen molar-refractivity contribution in [3.05, 3.63) is 35.8 Å². The molecule has 3 amide bonds. The second kappa shape index (κ2) is 9.15. The van der Waals surface area contributed by atoms with E-state index in [2.05, 4.69) is 25.9 Å². The molecule has 30 heavy (non-hydrogen) atoms. The molecule has 1 aliphatic heterocycles. The molecule has 162 valence electrons. The lowest BCUT2D eigenvalue weighted by molar-refractivity contribution is -0.130. The minimum Gasteiger partial charge on any atom is -0.361 e. The summed E-state index contributed by atoms with van der Waals surface area (Å²) >= 11 is 0. The molecule has 0 saturated carbocycles. The number of hydrogen-bond acceptors (Lipinski definition) is 3. The molecule has 0 aliphatic carbocycles. The normalized spacial score (nSPS) is 19.5. The number of carbonyl (C=O) groups excluding carboxylic acids is 2. The Morgan fingerprint density at radius 3 is 2.73 bits per heavy atom. The van der Waals surface area contributed by atoms with Gasteiger partial charge in [-0.2, -0.15) is 0 Å². The van der Waals surface area contributed by atoms with Crippen molar-refractivity contribution in [2.75, 3.05) is 26.7 Å². The molecule has 2 aromatic rings. The van der Waals surface area contributed by atoms with Gasteiger partial charge in [-0.15, -0.1) is 0 Å². The molecule has 0 bridgehead atoms. The van der Waals surface area contributed by atoms with Gasteiger partial charge >= 0.3 is 6.03 Å². The third-order valence-electron chi connectivity index (χ3n) is 5.54. The lowest BCUT2D eigenvalue weighted by atomic mass is 9.99. The van der Waals surface area contributed by atoms with Crippen molar-refractivity contribution in [1.82, 2.24) is 25.8 Å². The molecule has 1 aromatic carbocycles. The number of benzene rings is 1. The predicted octanol–water partition coefficient (Wildman–Crippen LogP) is 2.13. The number of urea groups is 1. The number of nitrogens with zero attached hydrogens (tertiary/aromatic N) is 2. The highest BCUT2D eigenvalue weighted by atomic mass is 19.1. The number of halogens is 1. The largest absolute Gasteiger partial charge is 0.361 e. The molecule has 0 radical (unpaired) electrons. The van der Waals surface area contributed by atoms with Gasteiger partial charge in [-0.25, -0.2) is 9.18 Å². The zero-order valence-corrected chi connectivity index (χ0v) is 17.6. The van der Waals surface area contributed by atoms with Gasteiger partial charge in [0.15, 0.2) is 5.96 Å². The van der Waals surface area contributed by atoms with Crippen LogP contribution in [0.1, 0.15) is 32.3 Å². The Bertz CT molecular complexity index is 956. The summed E-state index contributed by atoms with van der Waals surface area (Å²) in [7, 11) is 1.68. The minimum absolute atomic E-state index is 0.173. The Hall–Kier alpha value is -3.10. The van der Waals surface area contributed by atoms with Crippen LogP contribution in [-0.2, 0) is 11.2 Å². The number of aromatic nitrogens is 1. The third-order valence-corrected chi connectivity index (χ3v) is 5.54. The monoisotopic (exact) mass is 416 g/mol. The van der Waals surface area contributed by atoms with Crippen LogP contribution < -0.4 is 16.0 Å². The van der Waals surface area contributed by atoms with E-state index in [0.717, 1.165) is 16.5 Å². The minimum atomic E-state index is -0.798. The Balaban J connectivity index is 1.41. The van der Waals surface area contributed by atoms with Crippen molar-refractivity contribution in [3.8, 4) is 0 Å². The molecular formula is C21H29FN6O2. The van der Waals surface area contributed by atoms with Gasteiger partial charge in [0, 0.05) is 43.8 Å². The van der Waals surface area contributed by atoms with E-state index >= 15 is 0 Å². The maximum Gasteiger partial charge on any atom is 0.325 e. The van der Waals surface area contributed by atoms with Gasteiger partial charge in [-0.3, -0.25) is 14.7 Å². The number of rotatable bonds is 8. The van der Waals surface area contributed by atoms with Crippen molar-refractivity contribution < 1.29 is 14.0 Å². The summed E-state index contributed by atoms with van der Waals surface area (Å²) in [6.07, 6.45) is 3.78. The van der Waals surface area contributed by atoms with Crippen LogP contribution in [-0.4, -0.2) is 60.0 Å². The zero-order valence-electron chi connectivity index (χ0n) is 17.6. The average Bonchev–Trinajstić information content (AvgIpc) is 3.22. The highest BCUT2D eigenvalue weighted by Gasteiger charge is 2.45. The zero-order chi connectivity index (χ0) is 21.7. The summed E-state index contributed by atoms with van der Waals surface area (Å²) in [5.41, 5.74) is 1.14.